The third-order valence-corrected chi connectivity index (χ3v) is 4.50. The van der Waals surface area contributed by atoms with Gasteiger partial charge in [-0.3, -0.25) is 0 Å². The fraction of sp³-hybridized carbons (Fsp3) is 0.316. The molecule has 0 radical (unpaired) electrons. The maximum absolute atomic E-state index is 12.4. The Balaban J connectivity index is 2.25. The Kier molecular flexibility index (Phi) is 5.52. The summed E-state index contributed by atoms with van der Waals surface area (Å²) in [6.45, 7) is 7.88. The molecule has 0 heterocycles. The molecule has 25 heavy (non-hydrogen) atoms. The van der Waals surface area contributed by atoms with E-state index in [2.05, 4.69) is 0 Å². The third kappa shape index (κ3) is 5.32. The van der Waals surface area contributed by atoms with Crippen molar-refractivity contribution >= 4 is 16.1 Å². The van der Waals surface area contributed by atoms with Gasteiger partial charge in [0.25, 0.3) is 0 Å². The summed E-state index contributed by atoms with van der Waals surface area (Å²) in [5.41, 5.74) is 0.812. The fourth-order valence-corrected chi connectivity index (χ4v) is 2.89. The summed E-state index contributed by atoms with van der Waals surface area (Å²) in [6.07, 6.45) is 0. The van der Waals surface area contributed by atoms with E-state index in [-0.39, 0.29) is 28.2 Å². The molecule has 6 heteroatoms. The molecule has 0 aliphatic heterocycles. The molecule has 0 amide bonds. The van der Waals surface area contributed by atoms with Crippen molar-refractivity contribution in [1.29, 1.82) is 0 Å². The molecule has 0 unspecified atom stereocenters. The van der Waals surface area contributed by atoms with E-state index in [0.717, 1.165) is 5.56 Å². The van der Waals surface area contributed by atoms with Crippen molar-refractivity contribution in [2.45, 2.75) is 32.6 Å². The zero-order valence-electron chi connectivity index (χ0n) is 14.8. The summed E-state index contributed by atoms with van der Waals surface area (Å²) in [5, 5.41) is 0. The van der Waals surface area contributed by atoms with Crippen LogP contribution in [0.2, 0.25) is 0 Å². The lowest BCUT2D eigenvalue weighted by Gasteiger charge is -2.18. The van der Waals surface area contributed by atoms with Gasteiger partial charge in [-0.1, -0.05) is 50.6 Å². The summed E-state index contributed by atoms with van der Waals surface area (Å²) in [6, 6.07) is 12.4. The predicted molar refractivity (Wildman–Crippen MR) is 95.2 cm³/mol. The number of rotatable bonds is 5. The summed E-state index contributed by atoms with van der Waals surface area (Å²) in [4.78, 5) is 12.3. The van der Waals surface area contributed by atoms with Crippen LogP contribution in [0.3, 0.4) is 0 Å². The van der Waals surface area contributed by atoms with Gasteiger partial charge in [0, 0.05) is 0 Å². The van der Waals surface area contributed by atoms with Gasteiger partial charge in [-0.25, -0.2) is 4.79 Å². The number of carbonyl (C=O) groups is 1. The number of esters is 1. The van der Waals surface area contributed by atoms with Crippen LogP contribution in [0.25, 0.3) is 0 Å². The van der Waals surface area contributed by atoms with Gasteiger partial charge in [-0.15, -0.1) is 0 Å². The standard InChI is InChI=1S/C19H22O5S/c1-14-9-11-15(12-10-14)25(21,22)24-17-8-6-5-7-16(17)18(20)23-13-19(2,3)4/h5-12H,13H2,1-4H3. The Morgan fingerprint density at radius 2 is 1.60 bits per heavy atom. The predicted octanol–water partition coefficient (Wildman–Crippen LogP) is 3.97. The quantitative estimate of drug-likeness (QED) is 0.595. The molecule has 2 aromatic rings. The lowest BCUT2D eigenvalue weighted by molar-refractivity contribution is 0.0365. The summed E-state index contributed by atoms with van der Waals surface area (Å²) in [5.74, 6) is -0.674. The van der Waals surface area contributed by atoms with E-state index >= 15 is 0 Å². The monoisotopic (exact) mass is 362 g/mol. The molecule has 0 saturated heterocycles. The van der Waals surface area contributed by atoms with E-state index in [0.29, 0.717) is 0 Å². The van der Waals surface area contributed by atoms with Gasteiger partial charge in [0.1, 0.15) is 10.5 Å². The minimum atomic E-state index is -4.04. The molecular weight excluding hydrogens is 340 g/mol. The van der Waals surface area contributed by atoms with Crippen LogP contribution in [0.1, 0.15) is 36.7 Å². The van der Waals surface area contributed by atoms with E-state index in [1.807, 2.05) is 27.7 Å². The molecule has 0 saturated carbocycles. The number of aryl methyl sites for hydroxylation is 1. The second-order valence-corrected chi connectivity index (χ2v) is 8.53. The van der Waals surface area contributed by atoms with E-state index in [4.69, 9.17) is 8.92 Å². The minimum absolute atomic E-state index is 0.0240. The molecule has 134 valence electrons. The molecule has 5 nitrogen and oxygen atoms in total. The van der Waals surface area contributed by atoms with Crippen LogP contribution >= 0.6 is 0 Å². The van der Waals surface area contributed by atoms with E-state index < -0.39 is 16.1 Å². The van der Waals surface area contributed by atoms with Gasteiger partial charge in [-0.2, -0.15) is 8.42 Å². The van der Waals surface area contributed by atoms with Crippen molar-refractivity contribution in [1.82, 2.24) is 0 Å². The zero-order chi connectivity index (χ0) is 18.7. The van der Waals surface area contributed by atoms with E-state index in [1.165, 1.54) is 24.3 Å². The van der Waals surface area contributed by atoms with Gasteiger partial charge in [0.05, 0.1) is 6.61 Å². The molecule has 0 bridgehead atoms. The SMILES string of the molecule is Cc1ccc(S(=O)(=O)Oc2ccccc2C(=O)OCC(C)(C)C)cc1. The molecule has 0 aromatic heterocycles. The highest BCUT2D eigenvalue weighted by atomic mass is 32.2. The second-order valence-electron chi connectivity index (χ2n) is 6.98. The van der Waals surface area contributed by atoms with Crippen LogP contribution in [0.5, 0.6) is 5.75 Å². The Bertz CT molecular complexity index is 846. The Labute approximate surface area is 148 Å². The van der Waals surface area contributed by atoms with Crippen molar-refractivity contribution in [3.8, 4) is 5.75 Å². The van der Waals surface area contributed by atoms with Crippen LogP contribution in [0.15, 0.2) is 53.4 Å². The fourth-order valence-electron chi connectivity index (χ4n) is 1.94. The smallest absolute Gasteiger partial charge is 0.341 e. The van der Waals surface area contributed by atoms with Crippen molar-refractivity contribution < 1.29 is 22.1 Å². The van der Waals surface area contributed by atoms with Crippen molar-refractivity contribution in [3.63, 3.8) is 0 Å². The highest BCUT2D eigenvalue weighted by molar-refractivity contribution is 7.87. The number of ether oxygens (including phenoxy) is 1. The number of hydrogen-bond donors (Lipinski definition) is 0. The lowest BCUT2D eigenvalue weighted by atomic mass is 9.99. The largest absolute Gasteiger partial charge is 0.461 e. The molecule has 0 aliphatic carbocycles. The first-order chi connectivity index (χ1) is 11.6. The topological polar surface area (TPSA) is 69.7 Å². The molecule has 2 aromatic carbocycles. The Morgan fingerprint density at radius 1 is 1.00 bits per heavy atom. The van der Waals surface area contributed by atoms with Gasteiger partial charge < -0.3 is 8.92 Å². The Morgan fingerprint density at radius 3 is 2.20 bits per heavy atom. The average molecular weight is 362 g/mol. The highest BCUT2D eigenvalue weighted by Crippen LogP contribution is 2.25. The number of benzene rings is 2. The highest BCUT2D eigenvalue weighted by Gasteiger charge is 2.22. The molecule has 0 spiro atoms. The van der Waals surface area contributed by atoms with Crippen molar-refractivity contribution in [2.24, 2.45) is 5.41 Å². The molecule has 0 atom stereocenters. The summed E-state index contributed by atoms with van der Waals surface area (Å²) in [7, 11) is -4.04. The molecule has 0 aliphatic rings. The van der Waals surface area contributed by atoms with Gasteiger partial charge in [0.15, 0.2) is 5.75 Å². The Hall–Kier alpha value is -2.34. The summed E-state index contributed by atoms with van der Waals surface area (Å²) >= 11 is 0. The van der Waals surface area contributed by atoms with Crippen LogP contribution in [-0.2, 0) is 14.9 Å². The normalized spacial score (nSPS) is 11.8. The van der Waals surface area contributed by atoms with Gasteiger partial charge in [-0.05, 0) is 36.6 Å². The van der Waals surface area contributed by atoms with Crippen LogP contribution in [0.4, 0.5) is 0 Å². The first-order valence-corrected chi connectivity index (χ1v) is 9.27. The van der Waals surface area contributed by atoms with Crippen LogP contribution < -0.4 is 4.18 Å². The number of hydrogen-bond acceptors (Lipinski definition) is 5. The zero-order valence-corrected chi connectivity index (χ0v) is 15.6. The first kappa shape index (κ1) is 19.0. The van der Waals surface area contributed by atoms with Gasteiger partial charge >= 0.3 is 16.1 Å². The lowest BCUT2D eigenvalue weighted by Crippen LogP contribution is -2.19. The van der Waals surface area contributed by atoms with E-state index in [1.54, 1.807) is 24.3 Å². The third-order valence-electron chi connectivity index (χ3n) is 3.25. The van der Waals surface area contributed by atoms with Crippen LogP contribution in [-0.4, -0.2) is 21.0 Å². The molecular formula is C19H22O5S. The van der Waals surface area contributed by atoms with Gasteiger partial charge in [0.2, 0.25) is 0 Å². The first-order valence-electron chi connectivity index (χ1n) is 7.86. The van der Waals surface area contributed by atoms with Crippen molar-refractivity contribution in [2.75, 3.05) is 6.61 Å². The maximum Gasteiger partial charge on any atom is 0.341 e. The van der Waals surface area contributed by atoms with E-state index in [9.17, 15) is 13.2 Å². The number of para-hydroxylation sites is 1. The average Bonchev–Trinajstić information content (AvgIpc) is 2.52. The minimum Gasteiger partial charge on any atom is -0.461 e. The number of carbonyl (C=O) groups excluding carboxylic acids is 1. The van der Waals surface area contributed by atoms with Crippen LogP contribution in [0, 0.1) is 12.3 Å². The molecule has 2 rings (SSSR count). The second kappa shape index (κ2) is 7.27. The maximum atomic E-state index is 12.4. The molecule has 0 N–H and O–H groups in total. The summed E-state index contributed by atoms with van der Waals surface area (Å²) < 4.78 is 35.3. The molecule has 0 fully saturated rings. The van der Waals surface area contributed by atoms with Crippen molar-refractivity contribution in [3.05, 3.63) is 59.7 Å².